The fraction of sp³-hybridized carbons (Fsp3) is 0.143. The summed E-state index contributed by atoms with van der Waals surface area (Å²) in [6.07, 6.45) is 0. The van der Waals surface area contributed by atoms with Crippen LogP contribution in [0, 0.1) is 35.3 Å². The van der Waals surface area contributed by atoms with Gasteiger partial charge in [0.05, 0.1) is 4.92 Å². The number of nitro groups is 1. The van der Waals surface area contributed by atoms with Crippen molar-refractivity contribution in [3.05, 3.63) is 57.3 Å². The molecule has 0 spiro atoms. The Morgan fingerprint density at radius 3 is 2.65 bits per heavy atom. The number of nitro benzene ring substituents is 1. The van der Waals surface area contributed by atoms with E-state index in [0.29, 0.717) is 16.9 Å². The van der Waals surface area contributed by atoms with Crippen molar-refractivity contribution in [1.29, 1.82) is 5.26 Å². The summed E-state index contributed by atoms with van der Waals surface area (Å²) >= 11 is 0. The molecule has 0 saturated heterocycles. The summed E-state index contributed by atoms with van der Waals surface area (Å²) in [6, 6.07) is 9.72. The molecule has 0 amide bonds. The Morgan fingerprint density at radius 1 is 1.30 bits per heavy atom. The molecule has 0 atom stereocenters. The molecule has 0 fully saturated rings. The van der Waals surface area contributed by atoms with E-state index < -0.39 is 4.92 Å². The molecule has 100 valence electrons. The van der Waals surface area contributed by atoms with Crippen LogP contribution in [0.2, 0.25) is 0 Å². The maximum absolute atomic E-state index is 10.7. The highest BCUT2D eigenvalue weighted by Crippen LogP contribution is 2.27. The van der Waals surface area contributed by atoms with Gasteiger partial charge in [-0.3, -0.25) is 10.1 Å². The number of aryl methyl sites for hydroxylation is 2. The molecule has 0 aliphatic heterocycles. The van der Waals surface area contributed by atoms with E-state index in [1.54, 1.807) is 32.0 Å². The molecule has 0 N–H and O–H groups in total. The molecular formula is C14H11N3O3. The number of nitriles is 1. The van der Waals surface area contributed by atoms with Crippen molar-refractivity contribution in [2.24, 2.45) is 0 Å². The monoisotopic (exact) mass is 269 g/mol. The van der Waals surface area contributed by atoms with Crippen molar-refractivity contribution >= 4 is 5.69 Å². The van der Waals surface area contributed by atoms with Crippen molar-refractivity contribution < 1.29 is 9.66 Å². The van der Waals surface area contributed by atoms with Crippen LogP contribution in [0.1, 0.15) is 16.8 Å². The van der Waals surface area contributed by atoms with Gasteiger partial charge >= 0.3 is 0 Å². The lowest BCUT2D eigenvalue weighted by molar-refractivity contribution is -0.385. The van der Waals surface area contributed by atoms with Gasteiger partial charge in [-0.15, -0.1) is 0 Å². The molecule has 6 nitrogen and oxygen atoms in total. The zero-order valence-electron chi connectivity index (χ0n) is 11.0. The number of ether oxygens (including phenoxy) is 1. The summed E-state index contributed by atoms with van der Waals surface area (Å²) in [5, 5.41) is 19.7. The summed E-state index contributed by atoms with van der Waals surface area (Å²) in [7, 11) is 0. The molecular weight excluding hydrogens is 258 g/mol. The first-order valence-corrected chi connectivity index (χ1v) is 5.82. The predicted molar refractivity (Wildman–Crippen MR) is 71.6 cm³/mol. The zero-order valence-corrected chi connectivity index (χ0v) is 11.0. The lowest BCUT2D eigenvalue weighted by atomic mass is 10.2. The second-order valence-corrected chi connectivity index (χ2v) is 4.22. The third kappa shape index (κ3) is 2.72. The molecule has 1 heterocycles. The first-order valence-electron chi connectivity index (χ1n) is 5.82. The molecule has 0 saturated carbocycles. The van der Waals surface area contributed by atoms with Crippen molar-refractivity contribution in [3.8, 4) is 17.7 Å². The highest BCUT2D eigenvalue weighted by molar-refractivity contribution is 5.47. The third-order valence-corrected chi connectivity index (χ3v) is 2.70. The van der Waals surface area contributed by atoms with Gasteiger partial charge in [0, 0.05) is 17.3 Å². The van der Waals surface area contributed by atoms with Crippen LogP contribution >= 0.6 is 0 Å². The third-order valence-electron chi connectivity index (χ3n) is 2.70. The van der Waals surface area contributed by atoms with Crippen LogP contribution in [0.15, 0.2) is 30.3 Å². The minimum Gasteiger partial charge on any atom is -0.438 e. The minimum absolute atomic E-state index is 0.0232. The SMILES string of the molecule is Cc1ccc(C#N)c(Oc2ccc([N+](=O)[O-])c(C)c2)n1. The second kappa shape index (κ2) is 5.36. The lowest BCUT2D eigenvalue weighted by Gasteiger charge is -2.07. The number of hydrogen-bond donors (Lipinski definition) is 0. The number of aromatic nitrogens is 1. The molecule has 1 aromatic heterocycles. The number of pyridine rings is 1. The number of nitrogens with zero attached hydrogens (tertiary/aromatic N) is 3. The van der Waals surface area contributed by atoms with E-state index in [0.717, 1.165) is 5.69 Å². The van der Waals surface area contributed by atoms with Gasteiger partial charge in [0.15, 0.2) is 0 Å². The van der Waals surface area contributed by atoms with Gasteiger partial charge in [0.25, 0.3) is 5.69 Å². The second-order valence-electron chi connectivity index (χ2n) is 4.22. The van der Waals surface area contributed by atoms with Crippen molar-refractivity contribution in [2.75, 3.05) is 0 Å². The molecule has 2 aromatic rings. The van der Waals surface area contributed by atoms with Crippen molar-refractivity contribution in [2.45, 2.75) is 13.8 Å². The maximum atomic E-state index is 10.7. The Hall–Kier alpha value is -2.94. The minimum atomic E-state index is -0.454. The van der Waals surface area contributed by atoms with Crippen LogP contribution < -0.4 is 4.74 Å². The van der Waals surface area contributed by atoms with E-state index in [-0.39, 0.29) is 11.6 Å². The Morgan fingerprint density at radius 2 is 2.05 bits per heavy atom. The van der Waals surface area contributed by atoms with E-state index in [1.165, 1.54) is 12.1 Å². The molecule has 6 heteroatoms. The summed E-state index contributed by atoms with van der Waals surface area (Å²) in [6.45, 7) is 3.41. The zero-order chi connectivity index (χ0) is 14.7. The molecule has 2 rings (SSSR count). The van der Waals surface area contributed by atoms with E-state index in [1.807, 2.05) is 6.07 Å². The maximum Gasteiger partial charge on any atom is 0.272 e. The van der Waals surface area contributed by atoms with Crippen LogP contribution in [-0.4, -0.2) is 9.91 Å². The van der Waals surface area contributed by atoms with Gasteiger partial charge in [-0.25, -0.2) is 4.98 Å². The average Bonchev–Trinajstić information content (AvgIpc) is 2.38. The van der Waals surface area contributed by atoms with Crippen LogP contribution in [-0.2, 0) is 0 Å². The van der Waals surface area contributed by atoms with Gasteiger partial charge < -0.3 is 4.74 Å². The van der Waals surface area contributed by atoms with Crippen LogP contribution in [0.3, 0.4) is 0 Å². The highest BCUT2D eigenvalue weighted by Gasteiger charge is 2.12. The molecule has 0 radical (unpaired) electrons. The van der Waals surface area contributed by atoms with E-state index in [2.05, 4.69) is 4.98 Å². The van der Waals surface area contributed by atoms with Gasteiger partial charge in [-0.2, -0.15) is 5.26 Å². The Balaban J connectivity index is 2.36. The largest absolute Gasteiger partial charge is 0.438 e. The smallest absolute Gasteiger partial charge is 0.272 e. The van der Waals surface area contributed by atoms with Crippen LogP contribution in [0.25, 0.3) is 0 Å². The topological polar surface area (TPSA) is 89.0 Å². The fourth-order valence-corrected chi connectivity index (χ4v) is 1.70. The lowest BCUT2D eigenvalue weighted by Crippen LogP contribution is -1.96. The van der Waals surface area contributed by atoms with Gasteiger partial charge in [0.2, 0.25) is 5.88 Å². The summed E-state index contributed by atoms with van der Waals surface area (Å²) in [5.41, 5.74) is 1.54. The molecule has 20 heavy (non-hydrogen) atoms. The molecule has 0 aliphatic rings. The summed E-state index contributed by atoms with van der Waals surface area (Å²) in [5.74, 6) is 0.600. The Labute approximate surface area is 115 Å². The molecule has 0 aliphatic carbocycles. The number of rotatable bonds is 3. The average molecular weight is 269 g/mol. The highest BCUT2D eigenvalue weighted by atomic mass is 16.6. The summed E-state index contributed by atoms with van der Waals surface area (Å²) in [4.78, 5) is 14.4. The fourth-order valence-electron chi connectivity index (χ4n) is 1.70. The first-order chi connectivity index (χ1) is 9.51. The van der Waals surface area contributed by atoms with Crippen LogP contribution in [0.4, 0.5) is 5.69 Å². The van der Waals surface area contributed by atoms with Crippen molar-refractivity contribution in [1.82, 2.24) is 4.98 Å². The first kappa shape index (κ1) is 13.5. The van der Waals surface area contributed by atoms with Gasteiger partial charge in [0.1, 0.15) is 17.4 Å². The van der Waals surface area contributed by atoms with E-state index >= 15 is 0 Å². The molecule has 1 aromatic carbocycles. The van der Waals surface area contributed by atoms with Crippen LogP contribution in [0.5, 0.6) is 11.6 Å². The van der Waals surface area contributed by atoms with Crippen molar-refractivity contribution in [3.63, 3.8) is 0 Å². The number of hydrogen-bond acceptors (Lipinski definition) is 5. The van der Waals surface area contributed by atoms with Gasteiger partial charge in [-0.05, 0) is 38.1 Å². The Bertz CT molecular complexity index is 720. The quantitative estimate of drug-likeness (QED) is 0.630. The predicted octanol–water partition coefficient (Wildman–Crippen LogP) is 3.27. The normalized spacial score (nSPS) is 9.85. The molecule has 0 bridgehead atoms. The molecule has 0 unspecified atom stereocenters. The van der Waals surface area contributed by atoms with E-state index in [4.69, 9.17) is 10.00 Å². The summed E-state index contributed by atoms with van der Waals surface area (Å²) < 4.78 is 5.54. The van der Waals surface area contributed by atoms with E-state index in [9.17, 15) is 10.1 Å². The van der Waals surface area contributed by atoms with Gasteiger partial charge in [-0.1, -0.05) is 0 Å². The Kier molecular flexibility index (Phi) is 3.62. The number of benzene rings is 1. The standard InChI is InChI=1S/C14H11N3O3/c1-9-7-12(5-6-13(9)17(18)19)20-14-11(8-15)4-3-10(2)16-14/h3-7H,1-2H3.